The van der Waals surface area contributed by atoms with Crippen molar-refractivity contribution in [3.8, 4) is 11.5 Å². The Balaban J connectivity index is 2.31. The molecule has 1 aromatic carbocycles. The van der Waals surface area contributed by atoms with Crippen molar-refractivity contribution in [1.29, 1.82) is 0 Å². The van der Waals surface area contributed by atoms with Crippen LogP contribution in [-0.4, -0.2) is 10.9 Å². The molecule has 0 aliphatic carbocycles. The summed E-state index contributed by atoms with van der Waals surface area (Å²) in [5, 5.41) is 0. The molecule has 2 aromatic rings. The van der Waals surface area contributed by atoms with Crippen LogP contribution in [0.25, 0.3) is 0 Å². The minimum Gasteiger partial charge on any atom is -0.456 e. The highest BCUT2D eigenvalue weighted by Gasteiger charge is 2.08. The van der Waals surface area contributed by atoms with Crippen molar-refractivity contribution in [1.82, 2.24) is 4.98 Å². The fraction of sp³-hybridized carbons (Fsp3) is 0. The van der Waals surface area contributed by atoms with Crippen LogP contribution in [0.2, 0.25) is 0 Å². The maximum Gasteiger partial charge on any atom is 0.267 e. The topological polar surface area (TPSA) is 91.2 Å². The van der Waals surface area contributed by atoms with Gasteiger partial charge in [0.25, 0.3) is 5.91 Å². The molecule has 0 aliphatic heterocycles. The fourth-order valence-corrected chi connectivity index (χ4v) is 1.69. The molecule has 0 unspecified atom stereocenters. The molecule has 18 heavy (non-hydrogen) atoms. The summed E-state index contributed by atoms with van der Waals surface area (Å²) in [6, 6.07) is 8.37. The van der Waals surface area contributed by atoms with E-state index in [1.54, 1.807) is 24.3 Å². The minimum absolute atomic E-state index is 0.146. The van der Waals surface area contributed by atoms with E-state index in [2.05, 4.69) is 20.9 Å². The molecule has 0 saturated carbocycles. The number of pyridine rings is 1. The molecule has 0 radical (unpaired) electrons. The number of nitrogens with two attached hydrogens (primary N) is 2. The van der Waals surface area contributed by atoms with E-state index in [1.807, 2.05) is 0 Å². The number of nitrogen functional groups attached to an aromatic ring is 1. The lowest BCUT2D eigenvalue weighted by atomic mass is 10.3. The van der Waals surface area contributed by atoms with Crippen LogP contribution >= 0.6 is 15.9 Å². The number of hydrogen-bond acceptors (Lipinski definition) is 4. The van der Waals surface area contributed by atoms with Gasteiger partial charge in [0.1, 0.15) is 17.2 Å². The largest absolute Gasteiger partial charge is 0.456 e. The molecule has 4 N–H and O–H groups in total. The zero-order chi connectivity index (χ0) is 13.1. The van der Waals surface area contributed by atoms with Crippen molar-refractivity contribution in [2.24, 2.45) is 5.73 Å². The van der Waals surface area contributed by atoms with Crippen LogP contribution in [0.4, 0.5) is 5.69 Å². The van der Waals surface area contributed by atoms with Crippen molar-refractivity contribution < 1.29 is 9.53 Å². The highest BCUT2D eigenvalue weighted by molar-refractivity contribution is 9.10. The van der Waals surface area contributed by atoms with Gasteiger partial charge >= 0.3 is 0 Å². The third kappa shape index (κ3) is 2.60. The molecule has 0 aliphatic rings. The Labute approximate surface area is 112 Å². The second-order valence-electron chi connectivity index (χ2n) is 3.50. The lowest BCUT2D eigenvalue weighted by Gasteiger charge is -2.09. The molecule has 5 nitrogen and oxygen atoms in total. The molecule has 1 heterocycles. The van der Waals surface area contributed by atoms with Gasteiger partial charge in [-0.1, -0.05) is 6.07 Å². The van der Waals surface area contributed by atoms with E-state index in [0.29, 0.717) is 21.7 Å². The van der Waals surface area contributed by atoms with Crippen molar-refractivity contribution >= 4 is 27.5 Å². The van der Waals surface area contributed by atoms with E-state index in [4.69, 9.17) is 16.2 Å². The molecule has 0 fully saturated rings. The zero-order valence-electron chi connectivity index (χ0n) is 9.26. The molecule has 1 amide bonds. The molecule has 92 valence electrons. The lowest BCUT2D eigenvalue weighted by molar-refractivity contribution is 0.0995. The molecule has 0 bridgehead atoms. The first-order valence-electron chi connectivity index (χ1n) is 5.05. The van der Waals surface area contributed by atoms with Crippen LogP contribution in [0.5, 0.6) is 11.5 Å². The number of carbonyl (C=O) groups excluding carboxylic acids is 1. The Morgan fingerprint density at radius 2 is 2.11 bits per heavy atom. The molecular weight excluding hydrogens is 298 g/mol. The predicted octanol–water partition coefficient (Wildman–Crippen LogP) is 2.32. The van der Waals surface area contributed by atoms with E-state index in [0.717, 1.165) is 0 Å². The summed E-state index contributed by atoms with van der Waals surface area (Å²) in [6.45, 7) is 0. The number of amides is 1. The monoisotopic (exact) mass is 307 g/mol. The Morgan fingerprint density at radius 1 is 1.33 bits per heavy atom. The molecule has 1 aromatic heterocycles. The van der Waals surface area contributed by atoms with Crippen molar-refractivity contribution in [3.05, 3.63) is 46.7 Å². The summed E-state index contributed by atoms with van der Waals surface area (Å²) in [4.78, 5) is 14.8. The van der Waals surface area contributed by atoms with Crippen molar-refractivity contribution in [2.75, 3.05) is 5.73 Å². The quantitative estimate of drug-likeness (QED) is 0.851. The van der Waals surface area contributed by atoms with Crippen molar-refractivity contribution in [3.63, 3.8) is 0 Å². The standard InChI is InChI=1S/C12H10BrN3O2/c13-11-8(14)2-1-3-10(11)18-7-4-5-16-9(6-7)12(15)17/h1-6H,14H2,(H2,15,17). The number of halogens is 1. The van der Waals surface area contributed by atoms with E-state index in [1.165, 1.54) is 12.3 Å². The highest BCUT2D eigenvalue weighted by atomic mass is 79.9. The van der Waals surface area contributed by atoms with Gasteiger partial charge < -0.3 is 16.2 Å². The van der Waals surface area contributed by atoms with Crippen LogP contribution in [-0.2, 0) is 0 Å². The van der Waals surface area contributed by atoms with Gasteiger partial charge in [0, 0.05) is 18.0 Å². The maximum atomic E-state index is 11.0. The summed E-state index contributed by atoms with van der Waals surface area (Å²) in [7, 11) is 0. The zero-order valence-corrected chi connectivity index (χ0v) is 10.8. The number of benzene rings is 1. The smallest absolute Gasteiger partial charge is 0.267 e. The normalized spacial score (nSPS) is 10.1. The molecule has 0 atom stereocenters. The maximum absolute atomic E-state index is 11.0. The van der Waals surface area contributed by atoms with Gasteiger partial charge in [0.2, 0.25) is 0 Å². The summed E-state index contributed by atoms with van der Waals surface area (Å²) in [5.74, 6) is 0.411. The van der Waals surface area contributed by atoms with E-state index >= 15 is 0 Å². The summed E-state index contributed by atoms with van der Waals surface area (Å²) < 4.78 is 6.26. The summed E-state index contributed by atoms with van der Waals surface area (Å²) >= 11 is 3.33. The molecule has 2 rings (SSSR count). The summed E-state index contributed by atoms with van der Waals surface area (Å²) in [6.07, 6.45) is 1.45. The molecule has 0 saturated heterocycles. The van der Waals surface area contributed by atoms with Gasteiger partial charge in [-0.3, -0.25) is 9.78 Å². The number of primary amides is 1. The molecular formula is C12H10BrN3O2. The van der Waals surface area contributed by atoms with Gasteiger partial charge in [-0.2, -0.15) is 0 Å². The Morgan fingerprint density at radius 3 is 2.83 bits per heavy atom. The van der Waals surface area contributed by atoms with Crippen LogP contribution in [0.3, 0.4) is 0 Å². The van der Waals surface area contributed by atoms with Gasteiger partial charge in [0.15, 0.2) is 0 Å². The average Bonchev–Trinajstić information content (AvgIpc) is 2.35. The fourth-order valence-electron chi connectivity index (χ4n) is 1.34. The van der Waals surface area contributed by atoms with Gasteiger partial charge in [-0.15, -0.1) is 0 Å². The van der Waals surface area contributed by atoms with Gasteiger partial charge in [-0.05, 0) is 34.1 Å². The molecule has 6 heteroatoms. The number of carbonyl (C=O) groups is 1. The van der Waals surface area contributed by atoms with Crippen LogP contribution < -0.4 is 16.2 Å². The third-order valence-electron chi connectivity index (χ3n) is 2.20. The first-order chi connectivity index (χ1) is 8.58. The SMILES string of the molecule is NC(=O)c1cc(Oc2cccc(N)c2Br)ccn1. The van der Waals surface area contributed by atoms with Crippen LogP contribution in [0.1, 0.15) is 10.5 Å². The molecule has 0 spiro atoms. The van der Waals surface area contributed by atoms with Gasteiger partial charge in [0.05, 0.1) is 4.47 Å². The van der Waals surface area contributed by atoms with E-state index in [9.17, 15) is 4.79 Å². The summed E-state index contributed by atoms with van der Waals surface area (Å²) in [5.41, 5.74) is 11.6. The second kappa shape index (κ2) is 5.05. The highest BCUT2D eigenvalue weighted by Crippen LogP contribution is 2.33. The number of aromatic nitrogens is 1. The lowest BCUT2D eigenvalue weighted by Crippen LogP contribution is -2.12. The number of nitrogens with zero attached hydrogens (tertiary/aromatic N) is 1. The first-order valence-corrected chi connectivity index (χ1v) is 5.85. The van der Waals surface area contributed by atoms with Crippen molar-refractivity contribution in [2.45, 2.75) is 0 Å². The second-order valence-corrected chi connectivity index (χ2v) is 4.30. The number of ether oxygens (including phenoxy) is 1. The third-order valence-corrected chi connectivity index (χ3v) is 3.05. The Kier molecular flexibility index (Phi) is 3.47. The Hall–Kier alpha value is -2.08. The van der Waals surface area contributed by atoms with E-state index in [-0.39, 0.29) is 5.69 Å². The average molecular weight is 308 g/mol. The number of anilines is 1. The number of rotatable bonds is 3. The minimum atomic E-state index is -0.605. The number of hydrogen-bond donors (Lipinski definition) is 2. The first kappa shape index (κ1) is 12.4. The van der Waals surface area contributed by atoms with Gasteiger partial charge in [-0.25, -0.2) is 0 Å². The van der Waals surface area contributed by atoms with Crippen LogP contribution in [0, 0.1) is 0 Å². The predicted molar refractivity (Wildman–Crippen MR) is 71.4 cm³/mol. The van der Waals surface area contributed by atoms with Crippen LogP contribution in [0.15, 0.2) is 41.0 Å². The Bertz CT molecular complexity index is 602. The van der Waals surface area contributed by atoms with E-state index < -0.39 is 5.91 Å².